The van der Waals surface area contributed by atoms with Gasteiger partial charge in [-0.1, -0.05) is 12.1 Å². The molecule has 0 aliphatic carbocycles. The van der Waals surface area contributed by atoms with Crippen molar-refractivity contribution < 1.29 is 18.4 Å². The van der Waals surface area contributed by atoms with Crippen LogP contribution in [0.5, 0.6) is 0 Å². The molecule has 0 unspecified atom stereocenters. The summed E-state index contributed by atoms with van der Waals surface area (Å²) in [7, 11) is 0. The number of carbonyl (C=O) groups is 2. The van der Waals surface area contributed by atoms with Crippen molar-refractivity contribution in [2.24, 2.45) is 0 Å². The third kappa shape index (κ3) is 4.89. The fourth-order valence-electron chi connectivity index (χ4n) is 3.77. The molecule has 1 fully saturated rings. The second kappa shape index (κ2) is 9.36. The quantitative estimate of drug-likeness (QED) is 0.655. The van der Waals surface area contributed by atoms with E-state index in [0.717, 1.165) is 16.8 Å². The van der Waals surface area contributed by atoms with Crippen LogP contribution in [0.15, 0.2) is 59.0 Å². The van der Waals surface area contributed by atoms with Crippen LogP contribution in [0.25, 0.3) is 11.3 Å². The number of nitrogens with one attached hydrogen (secondary N) is 1. The maximum atomic E-state index is 13.1. The number of aryl methyl sites for hydroxylation is 1. The molecule has 0 bridgehead atoms. The summed E-state index contributed by atoms with van der Waals surface area (Å²) in [5.41, 5.74) is 3.74. The highest BCUT2D eigenvalue weighted by molar-refractivity contribution is 5.93. The third-order valence-corrected chi connectivity index (χ3v) is 5.85. The van der Waals surface area contributed by atoms with Gasteiger partial charge in [0.15, 0.2) is 5.76 Å². The van der Waals surface area contributed by atoms with Gasteiger partial charge in [-0.2, -0.15) is 0 Å². The molecule has 1 aliphatic heterocycles. The highest BCUT2D eigenvalue weighted by Crippen LogP contribution is 2.23. The first-order chi connectivity index (χ1) is 15.4. The summed E-state index contributed by atoms with van der Waals surface area (Å²) in [6, 6.07) is 15.2. The van der Waals surface area contributed by atoms with Gasteiger partial charge in [0.1, 0.15) is 11.6 Å². The number of amides is 2. The van der Waals surface area contributed by atoms with Gasteiger partial charge in [0.25, 0.3) is 5.91 Å². The van der Waals surface area contributed by atoms with Crippen molar-refractivity contribution in [3.63, 3.8) is 0 Å². The fourth-order valence-corrected chi connectivity index (χ4v) is 3.77. The second-order valence-electron chi connectivity index (χ2n) is 8.03. The Hall–Kier alpha value is -3.45. The number of nitrogens with zero attached hydrogens (tertiary/aromatic N) is 2. The SMILES string of the molecule is Cc1cccc(NC(=O)CN2CCN(C(=O)c3ccc(-c4ccc(F)cc4)o3)CC2)c1C. The summed E-state index contributed by atoms with van der Waals surface area (Å²) in [5.74, 6) is 0.212. The number of benzene rings is 2. The molecule has 6 nitrogen and oxygen atoms in total. The molecule has 0 spiro atoms. The molecule has 2 amide bonds. The van der Waals surface area contributed by atoms with Gasteiger partial charge in [0.05, 0.1) is 6.54 Å². The molecule has 3 aromatic rings. The number of hydrogen-bond acceptors (Lipinski definition) is 4. The zero-order chi connectivity index (χ0) is 22.7. The Bertz CT molecular complexity index is 1120. The van der Waals surface area contributed by atoms with Crippen LogP contribution < -0.4 is 5.32 Å². The lowest BCUT2D eigenvalue weighted by molar-refractivity contribution is -0.117. The minimum absolute atomic E-state index is 0.0616. The van der Waals surface area contributed by atoms with Gasteiger partial charge >= 0.3 is 0 Å². The first-order valence-electron chi connectivity index (χ1n) is 10.6. The van der Waals surface area contributed by atoms with Crippen LogP contribution in [0.2, 0.25) is 0 Å². The summed E-state index contributed by atoms with van der Waals surface area (Å²) in [4.78, 5) is 29.0. The minimum Gasteiger partial charge on any atom is -0.451 e. The second-order valence-corrected chi connectivity index (χ2v) is 8.03. The van der Waals surface area contributed by atoms with Crippen LogP contribution >= 0.6 is 0 Å². The van der Waals surface area contributed by atoms with Gasteiger partial charge in [-0.25, -0.2) is 4.39 Å². The van der Waals surface area contributed by atoms with Crippen molar-refractivity contribution in [2.75, 3.05) is 38.0 Å². The first-order valence-corrected chi connectivity index (χ1v) is 10.6. The molecule has 166 valence electrons. The Balaban J connectivity index is 1.30. The van der Waals surface area contributed by atoms with Gasteiger partial charge in [-0.15, -0.1) is 0 Å². The average Bonchev–Trinajstić information content (AvgIpc) is 3.28. The number of furan rings is 1. The highest BCUT2D eigenvalue weighted by Gasteiger charge is 2.25. The van der Waals surface area contributed by atoms with Crippen molar-refractivity contribution >= 4 is 17.5 Å². The zero-order valence-electron chi connectivity index (χ0n) is 18.2. The van der Waals surface area contributed by atoms with E-state index in [1.165, 1.54) is 12.1 Å². The predicted molar refractivity (Wildman–Crippen MR) is 121 cm³/mol. The molecule has 0 atom stereocenters. The molecule has 32 heavy (non-hydrogen) atoms. The fraction of sp³-hybridized carbons (Fsp3) is 0.280. The van der Waals surface area contributed by atoms with Crippen molar-refractivity contribution in [1.82, 2.24) is 9.80 Å². The Morgan fingerprint density at radius 3 is 2.41 bits per heavy atom. The van der Waals surface area contributed by atoms with E-state index in [-0.39, 0.29) is 29.9 Å². The average molecular weight is 435 g/mol. The van der Waals surface area contributed by atoms with Crippen molar-refractivity contribution in [1.29, 1.82) is 0 Å². The lowest BCUT2D eigenvalue weighted by Gasteiger charge is -2.33. The van der Waals surface area contributed by atoms with E-state index in [0.29, 0.717) is 37.5 Å². The lowest BCUT2D eigenvalue weighted by atomic mass is 10.1. The normalized spacial score (nSPS) is 14.4. The first kappa shape index (κ1) is 21.8. The molecule has 1 N–H and O–H groups in total. The molecule has 1 aliphatic rings. The summed E-state index contributed by atoms with van der Waals surface area (Å²) >= 11 is 0. The van der Waals surface area contributed by atoms with E-state index in [4.69, 9.17) is 4.42 Å². The van der Waals surface area contributed by atoms with Gasteiger partial charge < -0.3 is 14.6 Å². The molecule has 1 aromatic heterocycles. The maximum absolute atomic E-state index is 13.1. The van der Waals surface area contributed by atoms with Gasteiger partial charge in [-0.05, 0) is 67.4 Å². The van der Waals surface area contributed by atoms with E-state index in [1.807, 2.05) is 36.9 Å². The molecular weight excluding hydrogens is 409 g/mol. The molecule has 2 heterocycles. The Morgan fingerprint density at radius 1 is 0.969 bits per heavy atom. The standard InChI is InChI=1S/C25H26FN3O3/c1-17-4-3-5-21(18(17)2)27-24(30)16-28-12-14-29(15-13-28)25(31)23-11-10-22(32-23)19-6-8-20(26)9-7-19/h3-11H,12-16H2,1-2H3,(H,27,30). The van der Waals surface area contributed by atoms with Crippen molar-refractivity contribution in [2.45, 2.75) is 13.8 Å². The van der Waals surface area contributed by atoms with Gasteiger partial charge in [0, 0.05) is 37.4 Å². The van der Waals surface area contributed by atoms with Crippen LogP contribution in [-0.4, -0.2) is 54.3 Å². The predicted octanol–water partition coefficient (Wildman–Crippen LogP) is 4.10. The molecule has 0 radical (unpaired) electrons. The van der Waals surface area contributed by atoms with Gasteiger partial charge in [-0.3, -0.25) is 14.5 Å². The van der Waals surface area contributed by atoms with Crippen LogP contribution in [0.1, 0.15) is 21.7 Å². The molecule has 0 saturated carbocycles. The number of carbonyl (C=O) groups excluding carboxylic acids is 2. The monoisotopic (exact) mass is 435 g/mol. The van der Waals surface area contributed by atoms with E-state index in [2.05, 4.69) is 5.32 Å². The summed E-state index contributed by atoms with van der Waals surface area (Å²) in [5, 5.41) is 2.98. The molecule has 2 aromatic carbocycles. The number of piperazine rings is 1. The van der Waals surface area contributed by atoms with E-state index >= 15 is 0 Å². The Morgan fingerprint density at radius 2 is 1.69 bits per heavy atom. The number of anilines is 1. The van der Waals surface area contributed by atoms with Gasteiger partial charge in [0.2, 0.25) is 5.91 Å². The highest BCUT2D eigenvalue weighted by atomic mass is 19.1. The molecule has 1 saturated heterocycles. The number of rotatable bonds is 5. The Kier molecular flexibility index (Phi) is 6.37. The van der Waals surface area contributed by atoms with Crippen LogP contribution in [-0.2, 0) is 4.79 Å². The van der Waals surface area contributed by atoms with E-state index in [9.17, 15) is 14.0 Å². The summed E-state index contributed by atoms with van der Waals surface area (Å²) < 4.78 is 18.8. The van der Waals surface area contributed by atoms with Crippen LogP contribution in [0.4, 0.5) is 10.1 Å². The summed E-state index contributed by atoms with van der Waals surface area (Å²) in [6.45, 7) is 6.54. The third-order valence-electron chi connectivity index (χ3n) is 5.85. The van der Waals surface area contributed by atoms with E-state index < -0.39 is 0 Å². The summed E-state index contributed by atoms with van der Waals surface area (Å²) in [6.07, 6.45) is 0. The van der Waals surface area contributed by atoms with Crippen molar-refractivity contribution in [3.8, 4) is 11.3 Å². The molecule has 7 heteroatoms. The number of hydrogen-bond donors (Lipinski definition) is 1. The zero-order valence-corrected chi connectivity index (χ0v) is 18.2. The lowest BCUT2D eigenvalue weighted by Crippen LogP contribution is -2.50. The smallest absolute Gasteiger partial charge is 0.289 e. The number of halogens is 1. The largest absolute Gasteiger partial charge is 0.451 e. The maximum Gasteiger partial charge on any atom is 0.289 e. The van der Waals surface area contributed by atoms with Crippen LogP contribution in [0.3, 0.4) is 0 Å². The minimum atomic E-state index is -0.322. The Labute approximate surface area is 186 Å². The van der Waals surface area contributed by atoms with Crippen molar-refractivity contribution in [3.05, 3.63) is 77.3 Å². The van der Waals surface area contributed by atoms with E-state index in [1.54, 1.807) is 29.2 Å². The molecule has 4 rings (SSSR count). The molecular formula is C25H26FN3O3. The topological polar surface area (TPSA) is 65.8 Å². The van der Waals surface area contributed by atoms with Crippen LogP contribution in [0, 0.1) is 19.7 Å².